The lowest BCUT2D eigenvalue weighted by Crippen LogP contribution is -2.20. The van der Waals surface area contributed by atoms with Crippen LogP contribution in [0.15, 0.2) is 24.3 Å². The van der Waals surface area contributed by atoms with E-state index < -0.39 is 28.0 Å². The van der Waals surface area contributed by atoms with Crippen molar-refractivity contribution in [2.75, 3.05) is 16.5 Å². The van der Waals surface area contributed by atoms with Crippen molar-refractivity contribution in [3.63, 3.8) is 0 Å². The van der Waals surface area contributed by atoms with Gasteiger partial charge in [-0.15, -0.1) is 11.6 Å². The molecule has 0 heterocycles. The normalized spacial score (nSPS) is 12.2. The van der Waals surface area contributed by atoms with Gasteiger partial charge in [-0.25, -0.2) is 8.42 Å². The zero-order valence-corrected chi connectivity index (χ0v) is 10.4. The first-order chi connectivity index (χ1) is 8.23. The van der Waals surface area contributed by atoms with E-state index in [0.29, 0.717) is 0 Å². The quantitative estimate of drug-likeness (QED) is 0.851. The third-order valence-corrected chi connectivity index (χ3v) is 3.37. The average molecular weight is 304 g/mol. The number of hydrogen-bond donors (Lipinski definition) is 1. The molecule has 0 aliphatic rings. The molecule has 0 amide bonds. The predicted octanol–water partition coefficient (Wildman–Crippen LogP) is 2.57. The molecule has 0 atom stereocenters. The van der Waals surface area contributed by atoms with Gasteiger partial charge in [-0.05, 0) is 12.1 Å². The molecule has 18 heavy (non-hydrogen) atoms. The Labute approximate surface area is 107 Å². The number of benzene rings is 1. The van der Waals surface area contributed by atoms with E-state index in [9.17, 15) is 21.6 Å². The van der Waals surface area contributed by atoms with Crippen LogP contribution < -0.4 is 9.46 Å². The van der Waals surface area contributed by atoms with Gasteiger partial charge < -0.3 is 4.74 Å². The van der Waals surface area contributed by atoms with Crippen molar-refractivity contribution in [2.24, 2.45) is 0 Å². The van der Waals surface area contributed by atoms with Crippen LogP contribution in [-0.2, 0) is 10.0 Å². The summed E-state index contributed by atoms with van der Waals surface area (Å²) in [5, 5.41) is -0.708. The molecule has 0 spiro atoms. The molecule has 4 nitrogen and oxygen atoms in total. The van der Waals surface area contributed by atoms with Crippen LogP contribution in [0.3, 0.4) is 0 Å². The molecule has 0 unspecified atom stereocenters. The van der Waals surface area contributed by atoms with Crippen LogP contribution in [0.1, 0.15) is 0 Å². The van der Waals surface area contributed by atoms with Crippen molar-refractivity contribution in [1.82, 2.24) is 0 Å². The summed E-state index contributed by atoms with van der Waals surface area (Å²) >= 11 is 5.17. The fourth-order valence-electron chi connectivity index (χ4n) is 1.03. The molecule has 0 aliphatic heterocycles. The zero-order chi connectivity index (χ0) is 13.8. The third-order valence-electron chi connectivity index (χ3n) is 1.69. The van der Waals surface area contributed by atoms with Crippen molar-refractivity contribution in [3.8, 4) is 5.75 Å². The average Bonchev–Trinajstić information content (AvgIpc) is 2.26. The first kappa shape index (κ1) is 14.9. The van der Waals surface area contributed by atoms with Crippen LogP contribution in [0.5, 0.6) is 5.75 Å². The Morgan fingerprint density at radius 1 is 1.28 bits per heavy atom. The molecule has 0 saturated heterocycles. The molecule has 0 aliphatic carbocycles. The fourth-order valence-corrected chi connectivity index (χ4v) is 1.75. The van der Waals surface area contributed by atoms with Gasteiger partial charge in [0.25, 0.3) is 0 Å². The minimum atomic E-state index is -4.50. The number of anilines is 1. The number of hydrogen-bond acceptors (Lipinski definition) is 3. The van der Waals surface area contributed by atoms with Gasteiger partial charge in [0.2, 0.25) is 10.0 Å². The first-order valence-electron chi connectivity index (χ1n) is 4.58. The lowest BCUT2D eigenvalue weighted by Gasteiger charge is -2.13. The smallest absolute Gasteiger partial charge is 0.422 e. The summed E-state index contributed by atoms with van der Waals surface area (Å²) < 4.78 is 64.9. The van der Waals surface area contributed by atoms with Crippen molar-refractivity contribution >= 4 is 27.3 Å². The SMILES string of the molecule is O=S(=O)(CCl)Nc1ccccc1OCC(F)(F)F. The van der Waals surface area contributed by atoms with Gasteiger partial charge in [-0.2, -0.15) is 13.2 Å². The highest BCUT2D eigenvalue weighted by atomic mass is 35.5. The first-order valence-corrected chi connectivity index (χ1v) is 6.77. The van der Waals surface area contributed by atoms with Crippen molar-refractivity contribution < 1.29 is 26.3 Å². The largest absolute Gasteiger partial charge is 0.482 e. The highest BCUT2D eigenvalue weighted by Crippen LogP contribution is 2.27. The van der Waals surface area contributed by atoms with E-state index in [1.165, 1.54) is 24.3 Å². The standard InChI is InChI=1S/C9H9ClF3NO3S/c10-6-18(15,16)14-7-3-1-2-4-8(7)17-5-9(11,12)13/h1-4,14H,5-6H2. The Kier molecular flexibility index (Phi) is 4.69. The molecule has 0 bridgehead atoms. The maximum Gasteiger partial charge on any atom is 0.422 e. The van der Waals surface area contributed by atoms with Gasteiger partial charge >= 0.3 is 6.18 Å². The number of nitrogens with one attached hydrogen (secondary N) is 1. The van der Waals surface area contributed by atoms with Crippen molar-refractivity contribution in [3.05, 3.63) is 24.3 Å². The Morgan fingerprint density at radius 3 is 2.44 bits per heavy atom. The van der Waals surface area contributed by atoms with Gasteiger partial charge in [-0.3, -0.25) is 4.72 Å². The molecular weight excluding hydrogens is 295 g/mol. The van der Waals surface area contributed by atoms with Crippen LogP contribution in [-0.4, -0.2) is 26.4 Å². The molecule has 0 fully saturated rings. The summed E-state index contributed by atoms with van der Waals surface area (Å²) in [6, 6.07) is 5.37. The van der Waals surface area contributed by atoms with Gasteiger partial charge in [0, 0.05) is 0 Å². The van der Waals surface area contributed by atoms with Crippen LogP contribution >= 0.6 is 11.6 Å². The predicted molar refractivity (Wildman–Crippen MR) is 61.3 cm³/mol. The summed E-state index contributed by atoms with van der Waals surface area (Å²) in [5.41, 5.74) is -0.0950. The molecule has 102 valence electrons. The lowest BCUT2D eigenvalue weighted by atomic mass is 10.3. The second kappa shape index (κ2) is 5.66. The molecule has 0 saturated carbocycles. The van der Waals surface area contributed by atoms with Crippen LogP contribution in [0.4, 0.5) is 18.9 Å². The number of halogens is 4. The van der Waals surface area contributed by atoms with Crippen LogP contribution in [0.25, 0.3) is 0 Å². The molecule has 0 aromatic heterocycles. The maximum atomic E-state index is 12.0. The van der Waals surface area contributed by atoms with Gasteiger partial charge in [0.05, 0.1) is 5.69 Å². The van der Waals surface area contributed by atoms with Gasteiger partial charge in [0.1, 0.15) is 11.0 Å². The van der Waals surface area contributed by atoms with E-state index in [1.54, 1.807) is 0 Å². The lowest BCUT2D eigenvalue weighted by molar-refractivity contribution is -0.153. The Balaban J connectivity index is 2.87. The highest BCUT2D eigenvalue weighted by molar-refractivity contribution is 7.93. The Hall–Kier alpha value is -1.15. The second-order valence-electron chi connectivity index (χ2n) is 3.23. The second-order valence-corrected chi connectivity index (χ2v) is 5.53. The van der Waals surface area contributed by atoms with Crippen molar-refractivity contribution in [2.45, 2.75) is 6.18 Å². The molecular formula is C9H9ClF3NO3S. The topological polar surface area (TPSA) is 55.4 Å². The molecule has 9 heteroatoms. The van der Waals surface area contributed by atoms with E-state index in [-0.39, 0.29) is 11.4 Å². The summed E-state index contributed by atoms with van der Waals surface area (Å²) in [6.07, 6.45) is -4.50. The van der Waals surface area contributed by atoms with E-state index in [4.69, 9.17) is 11.6 Å². The molecule has 1 rings (SSSR count). The third kappa shape index (κ3) is 5.01. The van der Waals surface area contributed by atoms with E-state index >= 15 is 0 Å². The minimum absolute atomic E-state index is 0.0950. The van der Waals surface area contributed by atoms with E-state index in [2.05, 4.69) is 4.74 Å². The molecule has 1 aromatic carbocycles. The Bertz CT molecular complexity index is 504. The molecule has 1 N–H and O–H groups in total. The highest BCUT2D eigenvalue weighted by Gasteiger charge is 2.29. The van der Waals surface area contributed by atoms with Crippen molar-refractivity contribution in [1.29, 1.82) is 0 Å². The number of sulfonamides is 1. The number of para-hydroxylation sites is 2. The summed E-state index contributed by atoms with van der Waals surface area (Å²) in [7, 11) is -3.79. The number of ether oxygens (including phenoxy) is 1. The van der Waals surface area contributed by atoms with E-state index in [1.807, 2.05) is 4.72 Å². The number of rotatable bonds is 5. The Morgan fingerprint density at radius 2 is 1.89 bits per heavy atom. The molecule has 1 aromatic rings. The minimum Gasteiger partial charge on any atom is -0.482 e. The molecule has 0 radical (unpaired) electrons. The van der Waals surface area contributed by atoms with E-state index in [0.717, 1.165) is 0 Å². The van der Waals surface area contributed by atoms with Crippen LogP contribution in [0.2, 0.25) is 0 Å². The fraction of sp³-hybridized carbons (Fsp3) is 0.333. The zero-order valence-electron chi connectivity index (χ0n) is 8.87. The van der Waals surface area contributed by atoms with Crippen LogP contribution in [0, 0.1) is 0 Å². The van der Waals surface area contributed by atoms with Gasteiger partial charge in [-0.1, -0.05) is 12.1 Å². The summed E-state index contributed by atoms with van der Waals surface area (Å²) in [5.74, 6) is -0.219. The number of alkyl halides is 4. The summed E-state index contributed by atoms with van der Waals surface area (Å²) in [6.45, 7) is -1.51. The maximum absolute atomic E-state index is 12.0. The van der Waals surface area contributed by atoms with Gasteiger partial charge in [0.15, 0.2) is 6.61 Å². The summed E-state index contributed by atoms with van der Waals surface area (Å²) in [4.78, 5) is 0. The monoisotopic (exact) mass is 303 g/mol.